The summed E-state index contributed by atoms with van der Waals surface area (Å²) in [6.07, 6.45) is 5.23. The fourth-order valence-electron chi connectivity index (χ4n) is 2.16. The van der Waals surface area contributed by atoms with Crippen LogP contribution < -0.4 is 5.32 Å². The molecule has 3 heteroatoms. The molecule has 3 rings (SSSR count). The molecule has 0 amide bonds. The van der Waals surface area contributed by atoms with E-state index in [-0.39, 0.29) is 0 Å². The molecule has 1 aliphatic heterocycles. The lowest BCUT2D eigenvalue weighted by atomic mass is 10.1. The number of benzene rings is 1. The molecular formula is C13H16ClNS. The molecule has 2 fully saturated rings. The van der Waals surface area contributed by atoms with Gasteiger partial charge in [0, 0.05) is 16.2 Å². The molecule has 1 unspecified atom stereocenters. The van der Waals surface area contributed by atoms with Crippen molar-refractivity contribution >= 4 is 23.4 Å². The van der Waals surface area contributed by atoms with Crippen molar-refractivity contribution in [1.82, 2.24) is 5.32 Å². The van der Waals surface area contributed by atoms with Crippen molar-refractivity contribution in [2.24, 2.45) is 0 Å². The van der Waals surface area contributed by atoms with E-state index in [0.29, 0.717) is 6.04 Å². The molecule has 0 spiro atoms. The fraction of sp³-hybridized carbons (Fsp3) is 0.538. The van der Waals surface area contributed by atoms with Crippen LogP contribution in [0.2, 0.25) is 5.02 Å². The second-order valence-electron chi connectivity index (χ2n) is 4.66. The highest BCUT2D eigenvalue weighted by atomic mass is 35.5. The second-order valence-corrected chi connectivity index (χ2v) is 6.41. The summed E-state index contributed by atoms with van der Waals surface area (Å²) in [4.78, 5) is 1.26. The lowest BCUT2D eigenvalue weighted by Crippen LogP contribution is -2.12. The number of halogens is 1. The van der Waals surface area contributed by atoms with Gasteiger partial charge in [-0.3, -0.25) is 0 Å². The van der Waals surface area contributed by atoms with Crippen LogP contribution in [0.15, 0.2) is 23.1 Å². The Bertz CT molecular complexity index is 384. The summed E-state index contributed by atoms with van der Waals surface area (Å²) in [5, 5.41) is 5.27. The Morgan fingerprint density at radius 2 is 2.12 bits per heavy atom. The van der Waals surface area contributed by atoms with E-state index in [1.54, 1.807) is 0 Å². The van der Waals surface area contributed by atoms with Gasteiger partial charge in [0.2, 0.25) is 0 Å². The number of hydrogen-bond acceptors (Lipinski definition) is 2. The van der Waals surface area contributed by atoms with Gasteiger partial charge in [-0.1, -0.05) is 17.7 Å². The van der Waals surface area contributed by atoms with E-state index in [2.05, 4.69) is 23.5 Å². The molecular weight excluding hydrogens is 238 g/mol. The predicted molar refractivity (Wildman–Crippen MR) is 70.3 cm³/mol. The van der Waals surface area contributed by atoms with Crippen molar-refractivity contribution < 1.29 is 0 Å². The molecule has 1 atom stereocenters. The Hall–Kier alpha value is -0.180. The molecule has 1 aromatic rings. The standard InChI is InChI=1S/C13H16ClNS/c14-11-8-9(12-2-1-7-15-12)3-6-13(11)16-10-4-5-10/h3,6,8,10,12,15H,1-2,4-5,7H2. The zero-order valence-electron chi connectivity index (χ0n) is 9.21. The van der Waals surface area contributed by atoms with E-state index in [1.807, 2.05) is 11.8 Å². The number of nitrogens with one attached hydrogen (secondary N) is 1. The number of rotatable bonds is 3. The molecule has 1 nitrogen and oxygen atoms in total. The lowest BCUT2D eigenvalue weighted by Gasteiger charge is -2.12. The van der Waals surface area contributed by atoms with Gasteiger partial charge in [-0.2, -0.15) is 0 Å². The monoisotopic (exact) mass is 253 g/mol. The molecule has 1 saturated heterocycles. The van der Waals surface area contributed by atoms with Crippen molar-refractivity contribution in [1.29, 1.82) is 0 Å². The first kappa shape index (κ1) is 10.9. The van der Waals surface area contributed by atoms with E-state index < -0.39 is 0 Å². The molecule has 0 radical (unpaired) electrons. The van der Waals surface area contributed by atoms with Crippen LogP contribution in [0.3, 0.4) is 0 Å². The van der Waals surface area contributed by atoms with Crippen molar-refractivity contribution in [2.75, 3.05) is 6.54 Å². The van der Waals surface area contributed by atoms with E-state index in [9.17, 15) is 0 Å². The molecule has 2 aliphatic rings. The normalized spacial score (nSPS) is 24.9. The topological polar surface area (TPSA) is 12.0 Å². The molecule has 1 saturated carbocycles. The quantitative estimate of drug-likeness (QED) is 0.873. The molecule has 1 aliphatic carbocycles. The molecule has 0 aromatic heterocycles. The fourth-order valence-corrected chi connectivity index (χ4v) is 3.54. The van der Waals surface area contributed by atoms with Crippen molar-refractivity contribution in [3.05, 3.63) is 28.8 Å². The predicted octanol–water partition coefficient (Wildman–Crippen LogP) is 4.02. The third kappa shape index (κ3) is 2.39. The second kappa shape index (κ2) is 4.59. The van der Waals surface area contributed by atoms with Gasteiger partial charge in [0.25, 0.3) is 0 Å². The zero-order valence-corrected chi connectivity index (χ0v) is 10.8. The number of thioether (sulfide) groups is 1. The Morgan fingerprint density at radius 3 is 2.75 bits per heavy atom. The summed E-state index contributed by atoms with van der Waals surface area (Å²) < 4.78 is 0. The Labute approximate surface area is 106 Å². The van der Waals surface area contributed by atoms with Crippen LogP contribution >= 0.6 is 23.4 Å². The summed E-state index contributed by atoms with van der Waals surface area (Å²) in [5.74, 6) is 0. The zero-order chi connectivity index (χ0) is 11.0. The minimum Gasteiger partial charge on any atom is -0.310 e. The largest absolute Gasteiger partial charge is 0.310 e. The van der Waals surface area contributed by atoms with Crippen molar-refractivity contribution in [3.8, 4) is 0 Å². The summed E-state index contributed by atoms with van der Waals surface area (Å²) >= 11 is 8.27. The number of hydrogen-bond donors (Lipinski definition) is 1. The average Bonchev–Trinajstić information content (AvgIpc) is 2.94. The third-order valence-electron chi connectivity index (χ3n) is 3.24. The van der Waals surface area contributed by atoms with Crippen LogP contribution in [-0.4, -0.2) is 11.8 Å². The Morgan fingerprint density at radius 1 is 1.25 bits per heavy atom. The van der Waals surface area contributed by atoms with Crippen molar-refractivity contribution in [2.45, 2.75) is 41.9 Å². The third-order valence-corrected chi connectivity index (χ3v) is 5.08. The Balaban J connectivity index is 1.77. The van der Waals surface area contributed by atoms with Gasteiger partial charge >= 0.3 is 0 Å². The van der Waals surface area contributed by atoms with Gasteiger partial charge in [-0.05, 0) is 49.9 Å². The molecule has 1 aromatic carbocycles. The SMILES string of the molecule is Clc1cc(C2CCCN2)ccc1SC1CC1. The van der Waals surface area contributed by atoms with Crippen molar-refractivity contribution in [3.63, 3.8) is 0 Å². The van der Waals surface area contributed by atoms with Crippen LogP contribution in [0.4, 0.5) is 0 Å². The minimum atomic E-state index is 0.525. The van der Waals surface area contributed by atoms with Gasteiger partial charge in [0.15, 0.2) is 0 Å². The highest BCUT2D eigenvalue weighted by Crippen LogP contribution is 2.42. The van der Waals surface area contributed by atoms with E-state index in [0.717, 1.165) is 16.8 Å². The van der Waals surface area contributed by atoms with Gasteiger partial charge < -0.3 is 5.32 Å². The highest BCUT2D eigenvalue weighted by Gasteiger charge is 2.24. The van der Waals surface area contributed by atoms with E-state index in [1.165, 1.54) is 36.1 Å². The maximum Gasteiger partial charge on any atom is 0.0545 e. The first-order valence-electron chi connectivity index (χ1n) is 6.02. The molecule has 0 bridgehead atoms. The molecule has 16 heavy (non-hydrogen) atoms. The molecule has 1 heterocycles. The summed E-state index contributed by atoms with van der Waals surface area (Å²) in [7, 11) is 0. The summed E-state index contributed by atoms with van der Waals surface area (Å²) in [6, 6.07) is 7.10. The lowest BCUT2D eigenvalue weighted by molar-refractivity contribution is 0.647. The summed E-state index contributed by atoms with van der Waals surface area (Å²) in [6.45, 7) is 1.14. The van der Waals surface area contributed by atoms with Crippen LogP contribution in [0, 0.1) is 0 Å². The van der Waals surface area contributed by atoms with Crippen LogP contribution in [0.25, 0.3) is 0 Å². The van der Waals surface area contributed by atoms with Crippen LogP contribution in [0.1, 0.15) is 37.3 Å². The maximum atomic E-state index is 6.33. The minimum absolute atomic E-state index is 0.525. The van der Waals surface area contributed by atoms with Gasteiger partial charge in [-0.15, -0.1) is 11.8 Å². The van der Waals surface area contributed by atoms with Crippen LogP contribution in [0.5, 0.6) is 0 Å². The van der Waals surface area contributed by atoms with E-state index >= 15 is 0 Å². The highest BCUT2D eigenvalue weighted by molar-refractivity contribution is 8.00. The van der Waals surface area contributed by atoms with Crippen LogP contribution in [-0.2, 0) is 0 Å². The van der Waals surface area contributed by atoms with Gasteiger partial charge in [0.1, 0.15) is 0 Å². The van der Waals surface area contributed by atoms with Gasteiger partial charge in [0.05, 0.1) is 5.02 Å². The Kier molecular flexibility index (Phi) is 3.14. The van der Waals surface area contributed by atoms with Gasteiger partial charge in [-0.25, -0.2) is 0 Å². The first-order chi connectivity index (χ1) is 7.83. The average molecular weight is 254 g/mol. The summed E-state index contributed by atoms with van der Waals surface area (Å²) in [5.41, 5.74) is 1.35. The molecule has 86 valence electrons. The van der Waals surface area contributed by atoms with E-state index in [4.69, 9.17) is 11.6 Å². The molecule has 1 N–H and O–H groups in total. The first-order valence-corrected chi connectivity index (χ1v) is 7.28. The smallest absolute Gasteiger partial charge is 0.0545 e. The maximum absolute atomic E-state index is 6.33.